The third kappa shape index (κ3) is 3.81. The number of aliphatic hydroxyl groups is 1. The van der Waals surface area contributed by atoms with Crippen molar-refractivity contribution in [2.24, 2.45) is 0 Å². The molecule has 1 aliphatic rings. The highest BCUT2D eigenvalue weighted by Gasteiger charge is 2.37. The van der Waals surface area contributed by atoms with Crippen molar-refractivity contribution in [3.05, 3.63) is 0 Å². The summed E-state index contributed by atoms with van der Waals surface area (Å²) < 4.78 is 40.8. The van der Waals surface area contributed by atoms with Gasteiger partial charge >= 0.3 is 6.18 Å². The van der Waals surface area contributed by atoms with Gasteiger partial charge in [-0.05, 0) is 6.42 Å². The van der Waals surface area contributed by atoms with Gasteiger partial charge in [0.15, 0.2) is 6.10 Å². The molecule has 0 spiro atoms. The molecule has 6 heteroatoms. The Balaban J connectivity index is 2.19. The Labute approximate surface area is 80.5 Å². The fourth-order valence-electron chi connectivity index (χ4n) is 1.29. The van der Waals surface area contributed by atoms with Gasteiger partial charge in [-0.3, -0.25) is 4.90 Å². The molecule has 1 rings (SSSR count). The monoisotopic (exact) mass is 213 g/mol. The van der Waals surface area contributed by atoms with E-state index in [4.69, 9.17) is 9.84 Å². The summed E-state index contributed by atoms with van der Waals surface area (Å²) >= 11 is 0. The van der Waals surface area contributed by atoms with Crippen LogP contribution in [0.25, 0.3) is 0 Å². The van der Waals surface area contributed by atoms with E-state index in [1.807, 2.05) is 4.90 Å². The maximum absolute atomic E-state index is 11.9. The molecule has 0 bridgehead atoms. The van der Waals surface area contributed by atoms with Gasteiger partial charge in [-0.2, -0.15) is 13.2 Å². The van der Waals surface area contributed by atoms with Gasteiger partial charge in [0.25, 0.3) is 0 Å². The molecule has 1 atom stereocenters. The zero-order valence-corrected chi connectivity index (χ0v) is 7.76. The first-order valence-electron chi connectivity index (χ1n) is 4.55. The quantitative estimate of drug-likeness (QED) is 0.746. The molecule has 0 saturated carbocycles. The second-order valence-electron chi connectivity index (χ2n) is 3.30. The molecule has 0 aromatic carbocycles. The van der Waals surface area contributed by atoms with Crippen LogP contribution in [0.1, 0.15) is 6.42 Å². The van der Waals surface area contributed by atoms with Gasteiger partial charge in [0.1, 0.15) is 0 Å². The third-order valence-electron chi connectivity index (χ3n) is 2.20. The highest BCUT2D eigenvalue weighted by atomic mass is 19.4. The van der Waals surface area contributed by atoms with Crippen LogP contribution in [0.4, 0.5) is 13.2 Å². The Morgan fingerprint density at radius 2 is 1.86 bits per heavy atom. The van der Waals surface area contributed by atoms with E-state index in [9.17, 15) is 13.2 Å². The molecule has 1 unspecified atom stereocenters. The van der Waals surface area contributed by atoms with E-state index in [-0.39, 0.29) is 13.0 Å². The van der Waals surface area contributed by atoms with E-state index < -0.39 is 12.3 Å². The van der Waals surface area contributed by atoms with Crippen molar-refractivity contribution >= 4 is 0 Å². The van der Waals surface area contributed by atoms with Gasteiger partial charge in [-0.25, -0.2) is 0 Å². The maximum atomic E-state index is 11.9. The van der Waals surface area contributed by atoms with Crippen molar-refractivity contribution in [1.29, 1.82) is 0 Å². The van der Waals surface area contributed by atoms with Gasteiger partial charge in [0.2, 0.25) is 0 Å². The van der Waals surface area contributed by atoms with Gasteiger partial charge in [0.05, 0.1) is 13.2 Å². The van der Waals surface area contributed by atoms with Crippen LogP contribution < -0.4 is 0 Å². The summed E-state index contributed by atoms with van der Waals surface area (Å²) in [7, 11) is 0. The van der Waals surface area contributed by atoms with Crippen molar-refractivity contribution in [3.8, 4) is 0 Å². The highest BCUT2D eigenvalue weighted by Crippen LogP contribution is 2.22. The number of nitrogens with zero attached hydrogens (tertiary/aromatic N) is 1. The second kappa shape index (κ2) is 4.95. The summed E-state index contributed by atoms with van der Waals surface area (Å²) in [6.45, 7) is 2.67. The number of ether oxygens (including phenoxy) is 1. The molecule has 0 amide bonds. The summed E-state index contributed by atoms with van der Waals surface area (Å²) in [6, 6.07) is 0. The van der Waals surface area contributed by atoms with Crippen LogP contribution in [0.3, 0.4) is 0 Å². The molecule has 1 aliphatic heterocycles. The lowest BCUT2D eigenvalue weighted by Gasteiger charge is -2.27. The number of aliphatic hydroxyl groups excluding tert-OH is 1. The lowest BCUT2D eigenvalue weighted by molar-refractivity contribution is -0.206. The summed E-state index contributed by atoms with van der Waals surface area (Å²) in [5.41, 5.74) is 0. The summed E-state index contributed by atoms with van der Waals surface area (Å²) in [5.74, 6) is 0. The Bertz CT molecular complexity index is 168. The number of rotatable bonds is 3. The third-order valence-corrected chi connectivity index (χ3v) is 2.20. The summed E-state index contributed by atoms with van der Waals surface area (Å²) in [6.07, 6.45) is -6.96. The zero-order chi connectivity index (χ0) is 10.6. The lowest BCUT2D eigenvalue weighted by Crippen LogP contribution is -2.40. The summed E-state index contributed by atoms with van der Waals surface area (Å²) in [4.78, 5) is 1.86. The minimum absolute atomic E-state index is 0.260. The molecule has 0 aromatic heterocycles. The zero-order valence-electron chi connectivity index (χ0n) is 7.76. The minimum Gasteiger partial charge on any atom is -0.384 e. The van der Waals surface area contributed by atoms with Crippen LogP contribution in [-0.4, -0.2) is 55.1 Å². The fourth-order valence-corrected chi connectivity index (χ4v) is 1.29. The van der Waals surface area contributed by atoms with E-state index in [2.05, 4.69) is 0 Å². The second-order valence-corrected chi connectivity index (χ2v) is 3.30. The van der Waals surface area contributed by atoms with Gasteiger partial charge in [-0.1, -0.05) is 0 Å². The predicted octanol–water partition coefficient (Wildman–Crippen LogP) is 0.632. The van der Waals surface area contributed by atoms with Crippen molar-refractivity contribution in [3.63, 3.8) is 0 Å². The number of alkyl halides is 3. The van der Waals surface area contributed by atoms with E-state index >= 15 is 0 Å². The Morgan fingerprint density at radius 3 is 2.36 bits per heavy atom. The first kappa shape index (κ1) is 11.7. The van der Waals surface area contributed by atoms with Crippen LogP contribution in [0.15, 0.2) is 0 Å². The van der Waals surface area contributed by atoms with Crippen LogP contribution in [-0.2, 0) is 4.74 Å². The molecule has 3 nitrogen and oxygen atoms in total. The Hall–Kier alpha value is -0.330. The van der Waals surface area contributed by atoms with Gasteiger partial charge in [-0.15, -0.1) is 0 Å². The molecule has 1 N–H and O–H groups in total. The van der Waals surface area contributed by atoms with Crippen LogP contribution in [0.5, 0.6) is 0 Å². The molecular weight excluding hydrogens is 199 g/mol. The average molecular weight is 213 g/mol. The molecule has 14 heavy (non-hydrogen) atoms. The number of morpholine rings is 1. The molecule has 1 saturated heterocycles. The molecule has 1 fully saturated rings. The fraction of sp³-hybridized carbons (Fsp3) is 1.00. The first-order chi connectivity index (χ1) is 6.50. The number of halogens is 3. The van der Waals surface area contributed by atoms with E-state index in [1.54, 1.807) is 0 Å². The van der Waals surface area contributed by atoms with Crippen molar-refractivity contribution in [1.82, 2.24) is 4.90 Å². The van der Waals surface area contributed by atoms with E-state index in [0.29, 0.717) is 26.3 Å². The Morgan fingerprint density at radius 1 is 1.29 bits per heavy atom. The first-order valence-corrected chi connectivity index (χ1v) is 4.55. The number of hydrogen-bond acceptors (Lipinski definition) is 3. The van der Waals surface area contributed by atoms with Crippen LogP contribution in [0, 0.1) is 0 Å². The largest absolute Gasteiger partial charge is 0.414 e. The Kier molecular flexibility index (Phi) is 4.15. The normalized spacial score (nSPS) is 22.3. The minimum atomic E-state index is -4.49. The molecule has 0 aliphatic carbocycles. The van der Waals surface area contributed by atoms with Crippen molar-refractivity contribution < 1.29 is 23.0 Å². The summed E-state index contributed by atoms with van der Waals surface area (Å²) in [5, 5.41) is 8.73. The average Bonchev–Trinajstić information content (AvgIpc) is 2.14. The molecule has 0 aromatic rings. The number of hydrogen-bond donors (Lipinski definition) is 1. The molecular formula is C8H14F3NO2. The maximum Gasteiger partial charge on any atom is 0.414 e. The highest BCUT2D eigenvalue weighted by molar-refractivity contribution is 4.69. The molecule has 1 heterocycles. The van der Waals surface area contributed by atoms with E-state index in [0.717, 1.165) is 0 Å². The van der Waals surface area contributed by atoms with Gasteiger partial charge in [0, 0.05) is 19.6 Å². The smallest absolute Gasteiger partial charge is 0.384 e. The van der Waals surface area contributed by atoms with Crippen molar-refractivity contribution in [2.45, 2.75) is 18.7 Å². The SMILES string of the molecule is OC(CCN1CCOCC1)C(F)(F)F. The standard InChI is InChI=1S/C8H14F3NO2/c9-8(10,11)7(13)1-2-12-3-5-14-6-4-12/h7,13H,1-6H2. The van der Waals surface area contributed by atoms with Crippen molar-refractivity contribution in [2.75, 3.05) is 32.8 Å². The topological polar surface area (TPSA) is 32.7 Å². The predicted molar refractivity (Wildman–Crippen MR) is 43.9 cm³/mol. The van der Waals surface area contributed by atoms with Crippen LogP contribution >= 0.6 is 0 Å². The van der Waals surface area contributed by atoms with Gasteiger partial charge < -0.3 is 9.84 Å². The van der Waals surface area contributed by atoms with E-state index in [1.165, 1.54) is 0 Å². The van der Waals surface area contributed by atoms with Crippen LogP contribution in [0.2, 0.25) is 0 Å². The molecule has 84 valence electrons. The molecule has 0 radical (unpaired) electrons. The lowest BCUT2D eigenvalue weighted by atomic mass is 10.2.